The van der Waals surface area contributed by atoms with Crippen molar-refractivity contribution in [3.63, 3.8) is 0 Å². The summed E-state index contributed by atoms with van der Waals surface area (Å²) in [5.41, 5.74) is 5.94. The van der Waals surface area contributed by atoms with Gasteiger partial charge in [-0.25, -0.2) is 13.6 Å². The average molecular weight is 361 g/mol. The number of amides is 1. The Hall–Kier alpha value is -2.58. The van der Waals surface area contributed by atoms with E-state index in [1.54, 1.807) is 30.3 Å². The largest absolute Gasteiger partial charge is 0.454 e. The average Bonchev–Trinajstić information content (AvgIpc) is 3.09. The molecular weight excluding hydrogens is 342 g/mol. The predicted octanol–water partition coefficient (Wildman–Crippen LogP) is 1.83. The number of carbonyl (C=O) groups excluding carboxylic acids is 1. The van der Waals surface area contributed by atoms with E-state index in [4.69, 9.17) is 15.6 Å². The number of nitrogens with two attached hydrogens (primary N) is 2. The molecule has 8 heteroatoms. The molecule has 0 atom stereocenters. The lowest BCUT2D eigenvalue weighted by Gasteiger charge is -2.23. The number of carbonyl (C=O) groups is 1. The van der Waals surface area contributed by atoms with Crippen LogP contribution in [0.2, 0.25) is 0 Å². The van der Waals surface area contributed by atoms with E-state index in [9.17, 15) is 13.2 Å². The molecule has 2 aromatic carbocycles. The van der Waals surface area contributed by atoms with E-state index in [0.717, 1.165) is 32.0 Å². The van der Waals surface area contributed by atoms with E-state index in [1.165, 1.54) is 0 Å². The zero-order chi connectivity index (χ0) is 18.0. The fourth-order valence-corrected chi connectivity index (χ4v) is 3.54. The number of benzene rings is 2. The first-order valence-corrected chi connectivity index (χ1v) is 9.39. The summed E-state index contributed by atoms with van der Waals surface area (Å²) < 4.78 is 30.1. The maximum atomic E-state index is 12.1. The molecule has 3 rings (SSSR count). The number of ether oxygens (including phenoxy) is 1. The number of anilines is 1. The SMILES string of the molecule is NC(=O)c1cc(N2CCCC2)c(Oc2ccccc2)c(S(N)(=O)=O)c1. The monoisotopic (exact) mass is 361 g/mol. The van der Waals surface area contributed by atoms with Crippen molar-refractivity contribution in [2.75, 3.05) is 18.0 Å². The van der Waals surface area contributed by atoms with Crippen LogP contribution in [0.5, 0.6) is 11.5 Å². The van der Waals surface area contributed by atoms with Crippen LogP contribution < -0.4 is 20.5 Å². The Morgan fingerprint density at radius 3 is 2.28 bits per heavy atom. The van der Waals surface area contributed by atoms with Gasteiger partial charge in [0.25, 0.3) is 0 Å². The van der Waals surface area contributed by atoms with E-state index >= 15 is 0 Å². The van der Waals surface area contributed by atoms with Crippen molar-refractivity contribution in [2.24, 2.45) is 10.9 Å². The van der Waals surface area contributed by atoms with Gasteiger partial charge in [0, 0.05) is 18.7 Å². The van der Waals surface area contributed by atoms with Crippen LogP contribution in [0, 0.1) is 0 Å². The molecule has 0 aromatic heterocycles. The standard InChI is InChI=1S/C17H19N3O4S/c18-17(21)12-10-14(20-8-4-5-9-20)16(15(11-12)25(19,22)23)24-13-6-2-1-3-7-13/h1-3,6-7,10-11H,4-5,8-9H2,(H2,18,21)(H2,19,22,23). The Bertz CT molecular complexity index is 892. The highest BCUT2D eigenvalue weighted by Crippen LogP contribution is 2.40. The second-order valence-corrected chi connectivity index (χ2v) is 7.37. The molecule has 0 radical (unpaired) electrons. The number of rotatable bonds is 5. The van der Waals surface area contributed by atoms with E-state index in [2.05, 4.69) is 0 Å². The molecule has 1 saturated heterocycles. The molecule has 25 heavy (non-hydrogen) atoms. The van der Waals surface area contributed by atoms with Crippen LogP contribution in [0.15, 0.2) is 47.4 Å². The smallest absolute Gasteiger partial charge is 0.248 e. The number of para-hydroxylation sites is 1. The Morgan fingerprint density at radius 1 is 1.08 bits per heavy atom. The van der Waals surface area contributed by atoms with Gasteiger partial charge < -0.3 is 15.4 Å². The molecule has 0 unspecified atom stereocenters. The molecule has 1 fully saturated rings. The lowest BCUT2D eigenvalue weighted by atomic mass is 10.1. The minimum atomic E-state index is -4.12. The Labute approximate surface area is 146 Å². The lowest BCUT2D eigenvalue weighted by Crippen LogP contribution is -2.23. The second kappa shape index (κ2) is 6.73. The first kappa shape index (κ1) is 17.2. The summed E-state index contributed by atoms with van der Waals surface area (Å²) in [5, 5.41) is 5.37. The van der Waals surface area contributed by atoms with Crippen molar-refractivity contribution in [1.29, 1.82) is 0 Å². The van der Waals surface area contributed by atoms with Gasteiger partial charge in [-0.05, 0) is 37.1 Å². The lowest BCUT2D eigenvalue weighted by molar-refractivity contribution is 0.1000. The number of primary sulfonamides is 1. The molecule has 0 aliphatic carbocycles. The van der Waals surface area contributed by atoms with Crippen LogP contribution in [0.25, 0.3) is 0 Å². The van der Waals surface area contributed by atoms with Crippen LogP contribution in [0.4, 0.5) is 5.69 Å². The van der Waals surface area contributed by atoms with Crippen molar-refractivity contribution in [3.8, 4) is 11.5 Å². The first-order valence-electron chi connectivity index (χ1n) is 7.85. The number of hydrogen-bond donors (Lipinski definition) is 2. The number of primary amides is 1. The summed E-state index contributed by atoms with van der Waals surface area (Å²) in [6.07, 6.45) is 1.94. The summed E-state index contributed by atoms with van der Waals surface area (Å²) in [7, 11) is -4.12. The molecule has 4 N–H and O–H groups in total. The number of nitrogens with zero attached hydrogens (tertiary/aromatic N) is 1. The Morgan fingerprint density at radius 2 is 1.72 bits per heavy atom. The van der Waals surface area contributed by atoms with Gasteiger partial charge in [-0.1, -0.05) is 18.2 Å². The third-order valence-corrected chi connectivity index (χ3v) is 4.95. The van der Waals surface area contributed by atoms with Crippen molar-refractivity contribution < 1.29 is 17.9 Å². The van der Waals surface area contributed by atoms with Crippen LogP contribution in [0.3, 0.4) is 0 Å². The van der Waals surface area contributed by atoms with E-state index in [-0.39, 0.29) is 16.2 Å². The number of hydrogen-bond acceptors (Lipinski definition) is 5. The third-order valence-electron chi connectivity index (χ3n) is 4.04. The van der Waals surface area contributed by atoms with E-state index in [1.807, 2.05) is 11.0 Å². The minimum absolute atomic E-state index is 0.0753. The molecule has 0 spiro atoms. The summed E-state index contributed by atoms with van der Waals surface area (Å²) in [5.74, 6) is -0.142. The highest BCUT2D eigenvalue weighted by atomic mass is 32.2. The van der Waals surface area contributed by atoms with Crippen molar-refractivity contribution >= 4 is 21.6 Å². The molecule has 1 aliphatic heterocycles. The third kappa shape index (κ3) is 3.75. The molecule has 1 aliphatic rings. The molecule has 132 valence electrons. The van der Waals surface area contributed by atoms with Gasteiger partial charge in [-0.3, -0.25) is 4.79 Å². The molecule has 1 heterocycles. The van der Waals surface area contributed by atoms with Crippen LogP contribution in [-0.2, 0) is 10.0 Å². The molecule has 1 amide bonds. The maximum absolute atomic E-state index is 12.1. The van der Waals surface area contributed by atoms with Crippen molar-refractivity contribution in [3.05, 3.63) is 48.0 Å². The van der Waals surface area contributed by atoms with Crippen LogP contribution in [0.1, 0.15) is 23.2 Å². The fourth-order valence-electron chi connectivity index (χ4n) is 2.84. The molecule has 0 saturated carbocycles. The van der Waals surface area contributed by atoms with E-state index < -0.39 is 15.9 Å². The normalized spacial score (nSPS) is 14.5. The molecular formula is C17H19N3O4S. The van der Waals surface area contributed by atoms with Gasteiger partial charge in [-0.2, -0.15) is 0 Å². The summed E-state index contributed by atoms with van der Waals surface area (Å²) in [4.78, 5) is 13.4. The van der Waals surface area contributed by atoms with Gasteiger partial charge in [0.15, 0.2) is 5.75 Å². The van der Waals surface area contributed by atoms with Crippen LogP contribution >= 0.6 is 0 Å². The maximum Gasteiger partial charge on any atom is 0.248 e. The van der Waals surface area contributed by atoms with Gasteiger partial charge in [0.1, 0.15) is 10.6 Å². The topological polar surface area (TPSA) is 116 Å². The van der Waals surface area contributed by atoms with Crippen molar-refractivity contribution in [1.82, 2.24) is 0 Å². The fraction of sp³-hybridized carbons (Fsp3) is 0.235. The zero-order valence-electron chi connectivity index (χ0n) is 13.5. The van der Waals surface area contributed by atoms with Gasteiger partial charge in [-0.15, -0.1) is 0 Å². The molecule has 0 bridgehead atoms. The summed E-state index contributed by atoms with van der Waals surface area (Å²) in [6.45, 7) is 1.47. The quantitative estimate of drug-likeness (QED) is 0.843. The highest BCUT2D eigenvalue weighted by Gasteiger charge is 2.26. The number of sulfonamides is 1. The van der Waals surface area contributed by atoms with Gasteiger partial charge >= 0.3 is 0 Å². The zero-order valence-corrected chi connectivity index (χ0v) is 14.3. The van der Waals surface area contributed by atoms with Crippen molar-refractivity contribution in [2.45, 2.75) is 17.7 Å². The van der Waals surface area contributed by atoms with Gasteiger partial charge in [0.05, 0.1) is 5.69 Å². The summed E-state index contributed by atoms with van der Waals surface area (Å²) >= 11 is 0. The first-order chi connectivity index (χ1) is 11.9. The van der Waals surface area contributed by atoms with Gasteiger partial charge in [0.2, 0.25) is 15.9 Å². The Kier molecular flexibility index (Phi) is 4.65. The summed E-state index contributed by atoms with van der Waals surface area (Å²) in [6, 6.07) is 11.5. The molecule has 2 aromatic rings. The van der Waals surface area contributed by atoms with Crippen LogP contribution in [-0.4, -0.2) is 27.4 Å². The van der Waals surface area contributed by atoms with E-state index in [0.29, 0.717) is 11.4 Å². The predicted molar refractivity (Wildman–Crippen MR) is 94.3 cm³/mol. The Balaban J connectivity index is 2.22. The highest BCUT2D eigenvalue weighted by molar-refractivity contribution is 7.89. The molecule has 7 nitrogen and oxygen atoms in total. The minimum Gasteiger partial charge on any atom is -0.454 e. The second-order valence-electron chi connectivity index (χ2n) is 5.84.